The standard InChI is InChI=1S/C21H25NO3S/c1-4-24-20-11-17-10-14(3)25-19(17)12-18(20)22-21(23)16-8-6-15(7-9-16)13-26-5-2/h6-9,11-12,14H,4-5,10,13H2,1-3H3,(H,22,23). The molecular weight excluding hydrogens is 346 g/mol. The molecule has 0 bridgehead atoms. The van der Waals surface area contributed by atoms with Gasteiger partial charge in [0.2, 0.25) is 0 Å². The van der Waals surface area contributed by atoms with Crippen LogP contribution in [0.15, 0.2) is 36.4 Å². The van der Waals surface area contributed by atoms with Gasteiger partial charge in [0, 0.05) is 29.4 Å². The van der Waals surface area contributed by atoms with Gasteiger partial charge in [0.05, 0.1) is 12.3 Å². The molecule has 1 aliphatic heterocycles. The third-order valence-electron chi connectivity index (χ3n) is 4.24. The third kappa shape index (κ3) is 4.33. The zero-order valence-electron chi connectivity index (χ0n) is 15.5. The first-order chi connectivity index (χ1) is 12.6. The van der Waals surface area contributed by atoms with Gasteiger partial charge in [0.25, 0.3) is 5.91 Å². The molecule has 0 fully saturated rings. The number of amides is 1. The van der Waals surface area contributed by atoms with E-state index in [1.165, 1.54) is 5.56 Å². The van der Waals surface area contributed by atoms with E-state index in [2.05, 4.69) is 12.2 Å². The maximum Gasteiger partial charge on any atom is 0.255 e. The van der Waals surface area contributed by atoms with Crippen LogP contribution in [0.4, 0.5) is 5.69 Å². The third-order valence-corrected chi connectivity index (χ3v) is 5.18. The Labute approximate surface area is 159 Å². The molecule has 2 aromatic rings. The first-order valence-electron chi connectivity index (χ1n) is 9.05. The zero-order chi connectivity index (χ0) is 18.5. The van der Waals surface area contributed by atoms with Crippen LogP contribution in [0.5, 0.6) is 11.5 Å². The summed E-state index contributed by atoms with van der Waals surface area (Å²) in [7, 11) is 0. The Morgan fingerprint density at radius 3 is 2.73 bits per heavy atom. The van der Waals surface area contributed by atoms with Gasteiger partial charge in [-0.25, -0.2) is 0 Å². The van der Waals surface area contributed by atoms with Gasteiger partial charge < -0.3 is 14.8 Å². The molecule has 0 saturated heterocycles. The number of anilines is 1. The highest BCUT2D eigenvalue weighted by atomic mass is 32.2. The van der Waals surface area contributed by atoms with Crippen molar-refractivity contribution in [2.75, 3.05) is 17.7 Å². The number of nitrogens with one attached hydrogen (secondary N) is 1. The van der Waals surface area contributed by atoms with Crippen LogP contribution in [0.1, 0.15) is 42.3 Å². The topological polar surface area (TPSA) is 47.6 Å². The summed E-state index contributed by atoms with van der Waals surface area (Å²) in [6, 6.07) is 11.6. The molecule has 1 heterocycles. The molecule has 0 aromatic heterocycles. The number of ether oxygens (including phenoxy) is 2. The number of fused-ring (bicyclic) bond motifs is 1. The lowest BCUT2D eigenvalue weighted by Crippen LogP contribution is -2.13. The number of thioether (sulfide) groups is 1. The van der Waals surface area contributed by atoms with Crippen LogP contribution < -0.4 is 14.8 Å². The van der Waals surface area contributed by atoms with Gasteiger partial charge in [-0.3, -0.25) is 4.79 Å². The summed E-state index contributed by atoms with van der Waals surface area (Å²) in [6.45, 7) is 6.66. The van der Waals surface area contributed by atoms with Crippen LogP contribution in [-0.4, -0.2) is 24.4 Å². The highest BCUT2D eigenvalue weighted by Crippen LogP contribution is 2.38. The first kappa shape index (κ1) is 18.6. The number of hydrogen-bond donors (Lipinski definition) is 1. The van der Waals surface area contributed by atoms with Crippen molar-refractivity contribution >= 4 is 23.4 Å². The van der Waals surface area contributed by atoms with E-state index in [1.54, 1.807) is 0 Å². The van der Waals surface area contributed by atoms with Gasteiger partial charge in [-0.1, -0.05) is 19.1 Å². The van der Waals surface area contributed by atoms with Crippen LogP contribution in [-0.2, 0) is 12.2 Å². The molecule has 138 valence electrons. The molecule has 1 aliphatic rings. The van der Waals surface area contributed by atoms with Crippen LogP contribution in [0.2, 0.25) is 0 Å². The molecule has 26 heavy (non-hydrogen) atoms. The lowest BCUT2D eigenvalue weighted by Gasteiger charge is -2.14. The fraction of sp³-hybridized carbons (Fsp3) is 0.381. The van der Waals surface area contributed by atoms with Crippen molar-refractivity contribution in [2.45, 2.75) is 39.0 Å². The molecule has 1 atom stereocenters. The Morgan fingerprint density at radius 2 is 2.04 bits per heavy atom. The predicted octanol–water partition coefficient (Wildman–Crippen LogP) is 4.91. The Balaban J connectivity index is 1.77. The van der Waals surface area contributed by atoms with Gasteiger partial charge >= 0.3 is 0 Å². The Kier molecular flexibility index (Phi) is 6.09. The van der Waals surface area contributed by atoms with Crippen molar-refractivity contribution in [3.63, 3.8) is 0 Å². The van der Waals surface area contributed by atoms with Crippen LogP contribution in [0, 0.1) is 0 Å². The molecule has 3 rings (SSSR count). The van der Waals surface area contributed by atoms with Crippen LogP contribution >= 0.6 is 11.8 Å². The molecule has 0 saturated carbocycles. The van der Waals surface area contributed by atoms with Crippen molar-refractivity contribution in [2.24, 2.45) is 0 Å². The highest BCUT2D eigenvalue weighted by molar-refractivity contribution is 7.98. The van der Waals surface area contributed by atoms with E-state index in [0.29, 0.717) is 23.6 Å². The molecule has 0 spiro atoms. The molecule has 0 aliphatic carbocycles. The number of benzene rings is 2. The smallest absolute Gasteiger partial charge is 0.255 e. The molecule has 1 amide bonds. The van der Waals surface area contributed by atoms with Crippen molar-refractivity contribution in [1.82, 2.24) is 0 Å². The second kappa shape index (κ2) is 8.49. The van der Waals surface area contributed by atoms with E-state index < -0.39 is 0 Å². The second-order valence-electron chi connectivity index (χ2n) is 6.31. The summed E-state index contributed by atoms with van der Waals surface area (Å²) in [6.07, 6.45) is 1.01. The quantitative estimate of drug-likeness (QED) is 0.751. The van der Waals surface area contributed by atoms with E-state index >= 15 is 0 Å². The molecule has 1 N–H and O–H groups in total. The number of carbonyl (C=O) groups is 1. The van der Waals surface area contributed by atoms with Gasteiger partial charge in [-0.05, 0) is 43.4 Å². The minimum Gasteiger partial charge on any atom is -0.492 e. The number of hydrogen-bond acceptors (Lipinski definition) is 4. The summed E-state index contributed by atoms with van der Waals surface area (Å²) in [4.78, 5) is 12.6. The number of carbonyl (C=O) groups excluding carboxylic acids is 1. The van der Waals surface area contributed by atoms with E-state index in [4.69, 9.17) is 9.47 Å². The maximum atomic E-state index is 12.6. The lowest BCUT2D eigenvalue weighted by atomic mass is 10.1. The van der Waals surface area contributed by atoms with Gasteiger partial charge in [0.15, 0.2) is 0 Å². The average Bonchev–Trinajstić information content (AvgIpc) is 2.99. The fourth-order valence-electron chi connectivity index (χ4n) is 2.98. The Hall–Kier alpha value is -2.14. The fourth-order valence-corrected chi connectivity index (χ4v) is 3.61. The van der Waals surface area contributed by atoms with Crippen molar-refractivity contribution < 1.29 is 14.3 Å². The maximum absolute atomic E-state index is 12.6. The summed E-state index contributed by atoms with van der Waals surface area (Å²) in [5, 5.41) is 2.97. The molecule has 0 radical (unpaired) electrons. The van der Waals surface area contributed by atoms with Crippen molar-refractivity contribution in [1.29, 1.82) is 0 Å². The molecule has 4 nitrogen and oxygen atoms in total. The normalized spacial score (nSPS) is 15.3. The monoisotopic (exact) mass is 371 g/mol. The van der Waals surface area contributed by atoms with Crippen LogP contribution in [0.3, 0.4) is 0 Å². The molecule has 2 aromatic carbocycles. The highest BCUT2D eigenvalue weighted by Gasteiger charge is 2.22. The van der Waals surface area contributed by atoms with E-state index in [0.717, 1.165) is 29.2 Å². The van der Waals surface area contributed by atoms with E-state index in [-0.39, 0.29) is 12.0 Å². The Bertz CT molecular complexity index is 774. The minimum atomic E-state index is -0.147. The van der Waals surface area contributed by atoms with Gasteiger partial charge in [-0.2, -0.15) is 11.8 Å². The summed E-state index contributed by atoms with van der Waals surface area (Å²) in [5.74, 6) is 3.41. The molecular formula is C21H25NO3S. The lowest BCUT2D eigenvalue weighted by molar-refractivity contribution is 0.102. The van der Waals surface area contributed by atoms with Crippen molar-refractivity contribution in [3.8, 4) is 11.5 Å². The van der Waals surface area contributed by atoms with Crippen molar-refractivity contribution in [3.05, 3.63) is 53.1 Å². The first-order valence-corrected chi connectivity index (χ1v) is 10.2. The Morgan fingerprint density at radius 1 is 1.27 bits per heavy atom. The van der Waals surface area contributed by atoms with Gasteiger partial charge in [-0.15, -0.1) is 0 Å². The summed E-state index contributed by atoms with van der Waals surface area (Å²) >= 11 is 1.87. The second-order valence-corrected chi connectivity index (χ2v) is 7.58. The average molecular weight is 372 g/mol. The summed E-state index contributed by atoms with van der Waals surface area (Å²) < 4.78 is 11.5. The van der Waals surface area contributed by atoms with Gasteiger partial charge in [0.1, 0.15) is 17.6 Å². The number of rotatable bonds is 7. The van der Waals surface area contributed by atoms with E-state index in [1.807, 2.05) is 62.0 Å². The molecule has 5 heteroatoms. The predicted molar refractivity (Wildman–Crippen MR) is 108 cm³/mol. The van der Waals surface area contributed by atoms with E-state index in [9.17, 15) is 4.79 Å². The zero-order valence-corrected chi connectivity index (χ0v) is 16.3. The SMILES string of the molecule is CCOc1cc2c(cc1NC(=O)c1ccc(CSCC)cc1)OC(C)C2. The largest absolute Gasteiger partial charge is 0.492 e. The molecule has 1 unspecified atom stereocenters. The minimum absolute atomic E-state index is 0.147. The van der Waals surface area contributed by atoms with Crippen LogP contribution in [0.25, 0.3) is 0 Å². The summed E-state index contributed by atoms with van der Waals surface area (Å²) in [5.41, 5.74) is 3.63.